The molecule has 1 N–H and O–H groups in total. The molecular weight excluding hydrogens is 424 g/mol. The maximum absolute atomic E-state index is 13.8. The average Bonchev–Trinajstić information content (AvgIpc) is 2.49. The lowest BCUT2D eigenvalue weighted by Crippen LogP contribution is -2.44. The number of hydrogen-bond donors (Lipinski definition) is 1. The number of ether oxygens (including phenoxy) is 2. The molecule has 2 rings (SSSR count). The normalized spacial score (nSPS) is 16.0. The predicted molar refractivity (Wildman–Crippen MR) is 105 cm³/mol. The van der Waals surface area contributed by atoms with Crippen molar-refractivity contribution in [2.24, 2.45) is 10.4 Å². The van der Waals surface area contributed by atoms with Gasteiger partial charge in [-0.05, 0) is 24.6 Å². The third kappa shape index (κ3) is 5.47. The molecule has 0 atom stereocenters. The molecule has 1 aliphatic heterocycles. The molecule has 5 nitrogen and oxygen atoms in total. The Kier molecular flexibility index (Phi) is 8.21. The van der Waals surface area contributed by atoms with Gasteiger partial charge in [-0.2, -0.15) is 0 Å². The standard InChI is InChI=1S/C17H26FN3O2.HI/c1-5-19-16(20-10-17(2)11-23-12-17)21(3)9-13-6-7-15(22-4)14(18)8-13;/h6-8H,5,9-12H2,1-4H3,(H,19,20);1H. The Balaban J connectivity index is 0.00000288. The molecule has 0 saturated carbocycles. The number of hydrogen-bond acceptors (Lipinski definition) is 3. The van der Waals surface area contributed by atoms with Crippen molar-refractivity contribution in [2.45, 2.75) is 20.4 Å². The number of aliphatic imine (C=N–C) groups is 1. The SMILES string of the molecule is CCNC(=NCC1(C)COC1)N(C)Cc1ccc(OC)c(F)c1.I. The molecule has 0 aliphatic carbocycles. The molecule has 1 heterocycles. The Morgan fingerprint density at radius 1 is 1.46 bits per heavy atom. The van der Waals surface area contributed by atoms with Gasteiger partial charge in [-0.3, -0.25) is 4.99 Å². The van der Waals surface area contributed by atoms with Crippen LogP contribution in [0.1, 0.15) is 19.4 Å². The number of nitrogens with zero attached hydrogens (tertiary/aromatic N) is 2. The number of halogens is 2. The van der Waals surface area contributed by atoms with E-state index >= 15 is 0 Å². The smallest absolute Gasteiger partial charge is 0.193 e. The van der Waals surface area contributed by atoms with Crippen LogP contribution in [0.2, 0.25) is 0 Å². The van der Waals surface area contributed by atoms with Gasteiger partial charge in [0.25, 0.3) is 0 Å². The van der Waals surface area contributed by atoms with Crippen LogP contribution >= 0.6 is 24.0 Å². The van der Waals surface area contributed by atoms with E-state index in [0.29, 0.717) is 6.54 Å². The summed E-state index contributed by atoms with van der Waals surface area (Å²) >= 11 is 0. The van der Waals surface area contributed by atoms with Crippen LogP contribution in [0.3, 0.4) is 0 Å². The number of benzene rings is 1. The Bertz CT molecular complexity index is 565. The summed E-state index contributed by atoms with van der Waals surface area (Å²) < 4.78 is 24.0. The van der Waals surface area contributed by atoms with E-state index in [-0.39, 0.29) is 41.0 Å². The van der Waals surface area contributed by atoms with Gasteiger partial charge < -0.3 is 19.7 Å². The van der Waals surface area contributed by atoms with Gasteiger partial charge in [0.1, 0.15) is 0 Å². The summed E-state index contributed by atoms with van der Waals surface area (Å²) in [6.45, 7) is 7.78. The van der Waals surface area contributed by atoms with Gasteiger partial charge in [0.2, 0.25) is 0 Å². The molecule has 0 spiro atoms. The predicted octanol–water partition coefficient (Wildman–Crippen LogP) is 2.89. The van der Waals surface area contributed by atoms with Gasteiger partial charge in [0.15, 0.2) is 17.5 Å². The first-order chi connectivity index (χ1) is 11.0. The highest BCUT2D eigenvalue weighted by Gasteiger charge is 2.33. The van der Waals surface area contributed by atoms with Crippen LogP contribution in [0.4, 0.5) is 4.39 Å². The fraction of sp³-hybridized carbons (Fsp3) is 0.588. The molecule has 1 fully saturated rings. The van der Waals surface area contributed by atoms with Gasteiger partial charge in [-0.25, -0.2) is 4.39 Å². The maximum Gasteiger partial charge on any atom is 0.193 e. The second kappa shape index (κ2) is 9.41. The average molecular weight is 451 g/mol. The minimum Gasteiger partial charge on any atom is -0.494 e. The van der Waals surface area contributed by atoms with Crippen LogP contribution in [-0.4, -0.2) is 51.3 Å². The van der Waals surface area contributed by atoms with Crippen molar-refractivity contribution in [3.05, 3.63) is 29.6 Å². The molecule has 0 amide bonds. The van der Waals surface area contributed by atoms with Gasteiger partial charge in [0.05, 0.1) is 26.9 Å². The summed E-state index contributed by atoms with van der Waals surface area (Å²) in [5.41, 5.74) is 1.00. The Morgan fingerprint density at radius 3 is 2.67 bits per heavy atom. The van der Waals surface area contributed by atoms with Gasteiger partial charge >= 0.3 is 0 Å². The van der Waals surface area contributed by atoms with E-state index in [1.807, 2.05) is 24.9 Å². The minimum absolute atomic E-state index is 0. The molecular formula is C17H27FIN3O2. The molecule has 24 heavy (non-hydrogen) atoms. The van der Waals surface area contributed by atoms with Crippen LogP contribution in [0.25, 0.3) is 0 Å². The second-order valence-corrected chi connectivity index (χ2v) is 6.30. The van der Waals surface area contributed by atoms with Crippen molar-refractivity contribution in [1.29, 1.82) is 0 Å². The molecule has 1 aromatic carbocycles. The molecule has 7 heteroatoms. The highest BCUT2D eigenvalue weighted by molar-refractivity contribution is 14.0. The largest absolute Gasteiger partial charge is 0.494 e. The zero-order valence-corrected chi connectivity index (χ0v) is 17.1. The van der Waals surface area contributed by atoms with Crippen LogP contribution in [-0.2, 0) is 11.3 Å². The molecule has 1 aromatic rings. The van der Waals surface area contributed by atoms with E-state index in [1.165, 1.54) is 13.2 Å². The Hall–Kier alpha value is -1.09. The number of nitrogens with one attached hydrogen (secondary N) is 1. The Labute approximate surface area is 160 Å². The van der Waals surface area contributed by atoms with E-state index in [0.717, 1.165) is 37.8 Å². The molecule has 1 aliphatic rings. The number of guanidine groups is 1. The zero-order chi connectivity index (χ0) is 16.9. The van der Waals surface area contributed by atoms with Crippen molar-refractivity contribution in [1.82, 2.24) is 10.2 Å². The molecule has 0 unspecified atom stereocenters. The summed E-state index contributed by atoms with van der Waals surface area (Å²) in [4.78, 5) is 6.69. The monoisotopic (exact) mass is 451 g/mol. The van der Waals surface area contributed by atoms with E-state index in [1.54, 1.807) is 6.07 Å². The summed E-state index contributed by atoms with van der Waals surface area (Å²) in [5, 5.41) is 3.28. The van der Waals surface area contributed by atoms with Crippen molar-refractivity contribution in [3.63, 3.8) is 0 Å². The second-order valence-electron chi connectivity index (χ2n) is 6.30. The van der Waals surface area contributed by atoms with Crippen LogP contribution in [0.5, 0.6) is 5.75 Å². The lowest BCUT2D eigenvalue weighted by Gasteiger charge is -2.37. The van der Waals surface area contributed by atoms with E-state index in [9.17, 15) is 4.39 Å². The van der Waals surface area contributed by atoms with Crippen molar-refractivity contribution >= 4 is 29.9 Å². The summed E-state index contributed by atoms with van der Waals surface area (Å²) in [6.07, 6.45) is 0. The molecule has 0 aromatic heterocycles. The fourth-order valence-electron chi connectivity index (χ4n) is 2.43. The van der Waals surface area contributed by atoms with Crippen molar-refractivity contribution < 1.29 is 13.9 Å². The summed E-state index contributed by atoms with van der Waals surface area (Å²) in [6, 6.07) is 5.01. The fourth-order valence-corrected chi connectivity index (χ4v) is 2.43. The third-order valence-corrected chi connectivity index (χ3v) is 3.84. The zero-order valence-electron chi connectivity index (χ0n) is 14.8. The first-order valence-corrected chi connectivity index (χ1v) is 7.87. The van der Waals surface area contributed by atoms with Gasteiger partial charge in [-0.1, -0.05) is 13.0 Å². The van der Waals surface area contributed by atoms with Crippen LogP contribution < -0.4 is 10.1 Å². The lowest BCUT2D eigenvalue weighted by atomic mass is 9.89. The van der Waals surface area contributed by atoms with Crippen molar-refractivity contribution in [3.8, 4) is 5.75 Å². The molecule has 0 bridgehead atoms. The van der Waals surface area contributed by atoms with Crippen molar-refractivity contribution in [2.75, 3.05) is 40.5 Å². The topological polar surface area (TPSA) is 46.1 Å². The first-order valence-electron chi connectivity index (χ1n) is 7.87. The van der Waals surface area contributed by atoms with Crippen LogP contribution in [0.15, 0.2) is 23.2 Å². The lowest BCUT2D eigenvalue weighted by molar-refractivity contribution is -0.0946. The van der Waals surface area contributed by atoms with Crippen LogP contribution in [0, 0.1) is 11.2 Å². The quantitative estimate of drug-likeness (QED) is 0.411. The summed E-state index contributed by atoms with van der Waals surface area (Å²) in [7, 11) is 3.41. The number of rotatable bonds is 6. The molecule has 1 saturated heterocycles. The van der Waals surface area contributed by atoms with E-state index in [2.05, 4.69) is 12.2 Å². The Morgan fingerprint density at radius 2 is 2.17 bits per heavy atom. The minimum atomic E-state index is -0.348. The number of methoxy groups -OCH3 is 1. The van der Waals surface area contributed by atoms with E-state index < -0.39 is 0 Å². The van der Waals surface area contributed by atoms with Gasteiger partial charge in [0, 0.05) is 25.6 Å². The molecule has 0 radical (unpaired) electrons. The highest BCUT2D eigenvalue weighted by Crippen LogP contribution is 2.26. The highest BCUT2D eigenvalue weighted by atomic mass is 127. The maximum atomic E-state index is 13.8. The van der Waals surface area contributed by atoms with Gasteiger partial charge in [-0.15, -0.1) is 24.0 Å². The van der Waals surface area contributed by atoms with E-state index in [4.69, 9.17) is 14.5 Å². The first kappa shape index (κ1) is 21.0. The third-order valence-electron chi connectivity index (χ3n) is 3.84. The summed E-state index contributed by atoms with van der Waals surface area (Å²) in [5.74, 6) is 0.728. The molecule has 136 valence electrons.